The van der Waals surface area contributed by atoms with Gasteiger partial charge >= 0.3 is 0 Å². The summed E-state index contributed by atoms with van der Waals surface area (Å²) in [6.45, 7) is 4.74. The van der Waals surface area contributed by atoms with Crippen LogP contribution in [0, 0.1) is 0 Å². The smallest absolute Gasteiger partial charge is 0.158 e. The molecular weight excluding hydrogens is 560 g/mol. The maximum Gasteiger partial charge on any atom is 0.158 e. The van der Waals surface area contributed by atoms with E-state index in [0.29, 0.717) is 6.61 Å². The summed E-state index contributed by atoms with van der Waals surface area (Å²) in [6.07, 6.45) is 6.62. The lowest BCUT2D eigenvalue weighted by Crippen LogP contribution is -2.44. The second-order valence-electron chi connectivity index (χ2n) is 12.1. The molecule has 44 heavy (non-hydrogen) atoms. The molecule has 0 spiro atoms. The average Bonchev–Trinajstić information content (AvgIpc) is 3.67. The van der Waals surface area contributed by atoms with Crippen LogP contribution in [0.3, 0.4) is 0 Å². The first-order valence-electron chi connectivity index (χ1n) is 15.7. The van der Waals surface area contributed by atoms with Gasteiger partial charge in [-0.3, -0.25) is 0 Å². The number of hydrogen-bond donors (Lipinski definition) is 0. The monoisotopic (exact) mass is 602 g/mol. The van der Waals surface area contributed by atoms with Crippen LogP contribution in [0.4, 0.5) is 0 Å². The van der Waals surface area contributed by atoms with Crippen LogP contribution < -0.4 is 14.2 Å². The first-order valence-corrected chi connectivity index (χ1v) is 15.7. The topological polar surface area (TPSA) is 73.8 Å². The fourth-order valence-electron chi connectivity index (χ4n) is 7.38. The van der Waals surface area contributed by atoms with E-state index in [1.54, 1.807) is 21.3 Å². The van der Waals surface area contributed by atoms with Crippen molar-refractivity contribution in [3.8, 4) is 17.2 Å². The van der Waals surface area contributed by atoms with Crippen molar-refractivity contribution < 1.29 is 37.9 Å². The van der Waals surface area contributed by atoms with E-state index in [2.05, 4.69) is 50.3 Å². The molecule has 8 heteroatoms. The highest BCUT2D eigenvalue weighted by molar-refractivity contribution is 6.02. The molecule has 0 saturated carbocycles. The zero-order valence-corrected chi connectivity index (χ0v) is 26.1. The fraction of sp³-hybridized carbons (Fsp3) is 0.500. The van der Waals surface area contributed by atoms with E-state index >= 15 is 0 Å². The predicted molar refractivity (Wildman–Crippen MR) is 165 cm³/mol. The highest BCUT2D eigenvalue weighted by Gasteiger charge is 2.42. The van der Waals surface area contributed by atoms with Gasteiger partial charge in [-0.25, -0.2) is 0 Å². The molecular formula is C36H42O8. The third-order valence-corrected chi connectivity index (χ3v) is 9.55. The SMILES string of the molecule is COc1c2c(c(OC)c3c(OC)c([C@@H]4CC[C@@H](O[C@@H]5CC[C@H](OCc6ccccc6)[C@@H](C)O5)[C@@H](C)O4)ccc13)C1C=CC2O1. The molecule has 0 amide bonds. The molecule has 2 bridgehead atoms. The van der Waals surface area contributed by atoms with Crippen molar-refractivity contribution >= 4 is 10.8 Å². The van der Waals surface area contributed by atoms with Gasteiger partial charge in [-0.15, -0.1) is 0 Å². The first-order chi connectivity index (χ1) is 21.5. The average molecular weight is 603 g/mol. The van der Waals surface area contributed by atoms with E-state index in [0.717, 1.165) is 70.4 Å². The summed E-state index contributed by atoms with van der Waals surface area (Å²) >= 11 is 0. The molecule has 4 aliphatic rings. The van der Waals surface area contributed by atoms with Crippen molar-refractivity contribution in [1.82, 2.24) is 0 Å². The van der Waals surface area contributed by atoms with E-state index in [1.807, 2.05) is 18.2 Å². The van der Waals surface area contributed by atoms with Crippen molar-refractivity contribution in [3.63, 3.8) is 0 Å². The lowest BCUT2D eigenvalue weighted by atomic mass is 9.88. The van der Waals surface area contributed by atoms with Crippen LogP contribution in [-0.4, -0.2) is 52.0 Å². The molecule has 2 unspecified atom stereocenters. The van der Waals surface area contributed by atoms with Gasteiger partial charge in [-0.2, -0.15) is 0 Å². The fourth-order valence-corrected chi connectivity index (χ4v) is 7.38. The van der Waals surface area contributed by atoms with Crippen LogP contribution in [0.5, 0.6) is 17.2 Å². The maximum absolute atomic E-state index is 6.63. The number of hydrogen-bond acceptors (Lipinski definition) is 8. The predicted octanol–water partition coefficient (Wildman–Crippen LogP) is 7.28. The van der Waals surface area contributed by atoms with Crippen LogP contribution in [0.25, 0.3) is 10.8 Å². The number of ether oxygens (including phenoxy) is 8. The Bertz CT molecular complexity index is 1520. The van der Waals surface area contributed by atoms with Gasteiger partial charge < -0.3 is 37.9 Å². The van der Waals surface area contributed by atoms with Gasteiger partial charge in [0.25, 0.3) is 0 Å². The van der Waals surface area contributed by atoms with Crippen molar-refractivity contribution in [2.75, 3.05) is 21.3 Å². The van der Waals surface area contributed by atoms with Gasteiger partial charge in [0, 0.05) is 28.5 Å². The third kappa shape index (κ3) is 5.16. The molecule has 4 heterocycles. The van der Waals surface area contributed by atoms with Gasteiger partial charge in [-0.05, 0) is 44.7 Å². The zero-order valence-electron chi connectivity index (χ0n) is 26.1. The normalized spacial score (nSPS) is 30.8. The van der Waals surface area contributed by atoms with E-state index in [1.165, 1.54) is 5.56 Å². The van der Waals surface area contributed by atoms with E-state index < -0.39 is 0 Å². The summed E-state index contributed by atoms with van der Waals surface area (Å²) in [5.74, 6) is 2.32. The van der Waals surface area contributed by atoms with Crippen LogP contribution in [0.2, 0.25) is 0 Å². The molecule has 234 valence electrons. The first kappa shape index (κ1) is 29.6. The summed E-state index contributed by atoms with van der Waals surface area (Å²) < 4.78 is 49.9. The van der Waals surface area contributed by atoms with Crippen LogP contribution in [0.1, 0.15) is 80.1 Å². The molecule has 7 rings (SSSR count). The molecule has 0 aliphatic carbocycles. The number of fused-ring (bicyclic) bond motifs is 6. The largest absolute Gasteiger partial charge is 0.496 e. The lowest BCUT2D eigenvalue weighted by Gasteiger charge is -2.40. The van der Waals surface area contributed by atoms with Gasteiger partial charge in [0.15, 0.2) is 6.29 Å². The highest BCUT2D eigenvalue weighted by Crippen LogP contribution is 2.58. The molecule has 2 saturated heterocycles. The Morgan fingerprint density at radius 2 is 1.36 bits per heavy atom. The molecule has 4 aliphatic heterocycles. The van der Waals surface area contributed by atoms with Crippen LogP contribution in [0.15, 0.2) is 54.6 Å². The zero-order chi connectivity index (χ0) is 30.4. The Morgan fingerprint density at radius 1 is 0.682 bits per heavy atom. The minimum Gasteiger partial charge on any atom is -0.496 e. The molecule has 8 atom stereocenters. The van der Waals surface area contributed by atoms with Gasteiger partial charge in [0.2, 0.25) is 0 Å². The molecule has 3 aromatic carbocycles. The van der Waals surface area contributed by atoms with Crippen molar-refractivity contribution in [2.45, 2.75) is 95.2 Å². The van der Waals surface area contributed by atoms with Gasteiger partial charge in [0.05, 0.1) is 63.8 Å². The molecule has 0 radical (unpaired) electrons. The summed E-state index contributed by atoms with van der Waals surface area (Å²) in [5, 5.41) is 1.82. The van der Waals surface area contributed by atoms with Crippen molar-refractivity contribution in [1.29, 1.82) is 0 Å². The number of benzene rings is 3. The van der Waals surface area contributed by atoms with Gasteiger partial charge in [-0.1, -0.05) is 48.6 Å². The summed E-state index contributed by atoms with van der Waals surface area (Å²) in [5.41, 5.74) is 4.21. The number of methoxy groups -OCH3 is 3. The van der Waals surface area contributed by atoms with Crippen LogP contribution in [-0.2, 0) is 30.3 Å². The molecule has 8 nitrogen and oxygen atoms in total. The third-order valence-electron chi connectivity index (χ3n) is 9.55. The van der Waals surface area contributed by atoms with Crippen molar-refractivity contribution in [2.24, 2.45) is 0 Å². The Kier molecular flexibility index (Phi) is 8.29. The minimum atomic E-state index is -0.269. The van der Waals surface area contributed by atoms with Gasteiger partial charge in [0.1, 0.15) is 29.5 Å². The Hall–Kier alpha value is -3.14. The van der Waals surface area contributed by atoms with Crippen LogP contribution >= 0.6 is 0 Å². The van der Waals surface area contributed by atoms with Crippen molar-refractivity contribution in [3.05, 3.63) is 76.9 Å². The lowest BCUT2D eigenvalue weighted by molar-refractivity contribution is -0.265. The van der Waals surface area contributed by atoms with E-state index in [9.17, 15) is 0 Å². The Balaban J connectivity index is 1.05. The molecule has 0 aromatic heterocycles. The minimum absolute atomic E-state index is 0.0450. The molecule has 0 N–H and O–H groups in total. The highest BCUT2D eigenvalue weighted by atomic mass is 16.7. The standard InChI is InChI=1S/C36H42O8/c1-20-25(40-19-22-9-7-6-8-10-22)17-18-30(42-20)44-26-13-14-27(41-21(26)2)23-11-12-24-31(34(23)37-3)36(39-5)33-29-16-15-28(43-29)32(33)35(24)38-4/h6-12,15-16,20-21,25-30H,13-14,17-19H2,1-5H3/t20-,21-,25+,26-,27+,28?,29?,30-/m1/s1. The second-order valence-corrected chi connectivity index (χ2v) is 12.1. The number of rotatable bonds is 9. The molecule has 3 aromatic rings. The summed E-state index contributed by atoms with van der Waals surface area (Å²) in [7, 11) is 5.12. The second kappa shape index (κ2) is 12.3. The summed E-state index contributed by atoms with van der Waals surface area (Å²) in [6, 6.07) is 14.4. The summed E-state index contributed by atoms with van der Waals surface area (Å²) in [4.78, 5) is 0. The Labute approximate surface area is 259 Å². The molecule has 2 fully saturated rings. The Morgan fingerprint density at radius 3 is 2.05 bits per heavy atom. The van der Waals surface area contributed by atoms with E-state index in [4.69, 9.17) is 37.9 Å². The van der Waals surface area contributed by atoms with E-state index in [-0.39, 0.29) is 49.0 Å². The quantitative estimate of drug-likeness (QED) is 0.237. The maximum atomic E-state index is 6.63.